The smallest absolute Gasteiger partial charge is 0.110 e. The first-order chi connectivity index (χ1) is 19.0. The fourth-order valence-electron chi connectivity index (χ4n) is 4.58. The number of aromatic nitrogens is 5. The predicted octanol–water partition coefficient (Wildman–Crippen LogP) is 7.09. The van der Waals surface area contributed by atoms with Gasteiger partial charge in [0.05, 0.1) is 40.1 Å². The van der Waals surface area contributed by atoms with E-state index in [-0.39, 0.29) is 18.1 Å². The summed E-state index contributed by atoms with van der Waals surface area (Å²) < 4.78 is 1.83. The van der Waals surface area contributed by atoms with Crippen LogP contribution in [0.1, 0.15) is 67.7 Å². The highest BCUT2D eigenvalue weighted by molar-refractivity contribution is 6.35. The summed E-state index contributed by atoms with van der Waals surface area (Å²) in [6.45, 7) is 6.23. The number of halogens is 1. The molecule has 2 N–H and O–H groups in total. The Morgan fingerprint density at radius 1 is 1.03 bits per heavy atom. The molecule has 39 heavy (non-hydrogen) atoms. The van der Waals surface area contributed by atoms with Crippen LogP contribution in [0.15, 0.2) is 79.4 Å². The summed E-state index contributed by atoms with van der Waals surface area (Å²) in [4.78, 5) is 8.83. The van der Waals surface area contributed by atoms with Gasteiger partial charge in [0.1, 0.15) is 11.8 Å². The third-order valence-electron chi connectivity index (χ3n) is 6.66. The third-order valence-corrected chi connectivity index (χ3v) is 6.94. The van der Waals surface area contributed by atoms with Crippen molar-refractivity contribution in [3.63, 3.8) is 0 Å². The lowest BCUT2D eigenvalue weighted by atomic mass is 10.0. The van der Waals surface area contributed by atoms with E-state index in [1.807, 2.05) is 59.5 Å². The summed E-state index contributed by atoms with van der Waals surface area (Å²) in [5, 5.41) is 27.1. The molecule has 9 heteroatoms. The third kappa shape index (κ3) is 5.54. The van der Waals surface area contributed by atoms with E-state index in [9.17, 15) is 5.26 Å². The zero-order valence-electron chi connectivity index (χ0n) is 22.0. The monoisotopic (exact) mass is 536 g/mol. The quantitative estimate of drug-likeness (QED) is 0.207. The molecule has 3 aromatic heterocycles. The fourth-order valence-corrected chi connectivity index (χ4v) is 4.85. The van der Waals surface area contributed by atoms with Crippen LogP contribution in [0.5, 0.6) is 0 Å². The van der Waals surface area contributed by atoms with E-state index < -0.39 is 0 Å². The number of fused-ring (bicyclic) bond motifs is 1. The Hall–Kier alpha value is -4.48. The molecule has 0 amide bonds. The van der Waals surface area contributed by atoms with Gasteiger partial charge in [-0.05, 0) is 49.6 Å². The van der Waals surface area contributed by atoms with Crippen molar-refractivity contribution in [2.24, 2.45) is 0 Å². The highest BCUT2D eigenvalue weighted by Gasteiger charge is 2.21. The summed E-state index contributed by atoms with van der Waals surface area (Å²) >= 11 is 6.78. The van der Waals surface area contributed by atoms with E-state index in [1.54, 1.807) is 12.4 Å². The van der Waals surface area contributed by atoms with Crippen LogP contribution >= 0.6 is 11.6 Å². The molecule has 0 aliphatic heterocycles. The minimum Gasteiger partial charge on any atom is -0.377 e. The number of nitrogens with one attached hydrogen (secondary N) is 2. The SMILES string of the molecule is CCC(Nc1c(C#N)cnc2c(Cl)cc(NC(c3cccnc3)c3cn(C(C)C)nn3)cc12)c1ccccc1. The van der Waals surface area contributed by atoms with E-state index in [0.717, 1.165) is 34.3 Å². The fraction of sp³-hybridized carbons (Fsp3) is 0.233. The second kappa shape index (κ2) is 11.5. The minimum absolute atomic E-state index is 0.00787. The standard InChI is InChI=1S/C30H29ClN8/c1-4-26(20-9-6-5-7-10-20)36-28-22(15-32)17-34-30-24(28)13-23(14-25(30)31)35-29(21-11-8-12-33-16-21)27-18-39(19(2)3)38-37-27/h5-14,16-19,26,29,35H,4H2,1-3H3,(H,34,36). The first kappa shape index (κ1) is 26.1. The van der Waals surface area contributed by atoms with Gasteiger partial charge < -0.3 is 10.6 Å². The molecule has 0 aliphatic rings. The Morgan fingerprint density at radius 2 is 1.82 bits per heavy atom. The highest BCUT2D eigenvalue weighted by Crippen LogP contribution is 2.37. The van der Waals surface area contributed by atoms with Gasteiger partial charge in [0.15, 0.2) is 0 Å². The molecule has 0 saturated carbocycles. The lowest BCUT2D eigenvalue weighted by molar-refractivity contribution is 0.514. The Kier molecular flexibility index (Phi) is 7.71. The van der Waals surface area contributed by atoms with Gasteiger partial charge in [0.2, 0.25) is 0 Å². The number of nitrogens with zero attached hydrogens (tertiary/aromatic N) is 6. The number of pyridine rings is 2. The van der Waals surface area contributed by atoms with E-state index in [1.165, 1.54) is 0 Å². The van der Waals surface area contributed by atoms with Crippen LogP contribution in [-0.4, -0.2) is 25.0 Å². The van der Waals surface area contributed by atoms with Crippen LogP contribution in [0.25, 0.3) is 10.9 Å². The lowest BCUT2D eigenvalue weighted by Gasteiger charge is -2.22. The highest BCUT2D eigenvalue weighted by atomic mass is 35.5. The number of rotatable bonds is 9. The van der Waals surface area contributed by atoms with E-state index in [4.69, 9.17) is 11.6 Å². The molecular weight excluding hydrogens is 508 g/mol. The van der Waals surface area contributed by atoms with Crippen LogP contribution in [0.4, 0.5) is 11.4 Å². The molecule has 2 aromatic carbocycles. The van der Waals surface area contributed by atoms with Gasteiger partial charge in [0, 0.05) is 35.7 Å². The summed E-state index contributed by atoms with van der Waals surface area (Å²) in [5.41, 5.74) is 5.36. The van der Waals surface area contributed by atoms with Gasteiger partial charge in [-0.3, -0.25) is 9.97 Å². The first-order valence-electron chi connectivity index (χ1n) is 12.9. The molecule has 0 radical (unpaired) electrons. The van der Waals surface area contributed by atoms with Gasteiger partial charge in [-0.1, -0.05) is 60.1 Å². The molecule has 8 nitrogen and oxygen atoms in total. The molecule has 0 fully saturated rings. The van der Waals surface area contributed by atoms with Crippen LogP contribution in [0, 0.1) is 11.3 Å². The molecule has 0 saturated heterocycles. The first-order valence-corrected chi connectivity index (χ1v) is 13.3. The Labute approximate surface area is 232 Å². The molecule has 5 aromatic rings. The molecule has 0 spiro atoms. The van der Waals surface area contributed by atoms with Gasteiger partial charge in [-0.15, -0.1) is 5.10 Å². The summed E-state index contributed by atoms with van der Waals surface area (Å²) in [7, 11) is 0. The number of hydrogen-bond donors (Lipinski definition) is 2. The number of hydrogen-bond acceptors (Lipinski definition) is 7. The number of anilines is 2. The number of benzene rings is 2. The van der Waals surface area contributed by atoms with E-state index >= 15 is 0 Å². The van der Waals surface area contributed by atoms with Crippen LogP contribution in [-0.2, 0) is 0 Å². The van der Waals surface area contributed by atoms with Crippen molar-refractivity contribution in [3.05, 3.63) is 107 Å². The molecular formula is C30H29ClN8. The second-order valence-electron chi connectivity index (χ2n) is 9.61. The average Bonchev–Trinajstić information content (AvgIpc) is 3.46. The average molecular weight is 537 g/mol. The minimum atomic E-state index is -0.323. The molecule has 3 heterocycles. The van der Waals surface area contributed by atoms with Crippen molar-refractivity contribution in [1.29, 1.82) is 5.26 Å². The van der Waals surface area contributed by atoms with Crippen molar-refractivity contribution in [2.45, 2.75) is 45.3 Å². The Morgan fingerprint density at radius 3 is 2.49 bits per heavy atom. The van der Waals surface area contributed by atoms with E-state index in [2.05, 4.69) is 69.9 Å². The number of nitriles is 1. The summed E-state index contributed by atoms with van der Waals surface area (Å²) in [5.74, 6) is 0. The largest absolute Gasteiger partial charge is 0.377 e. The molecule has 2 unspecified atom stereocenters. The Balaban J connectivity index is 1.59. The summed E-state index contributed by atoms with van der Waals surface area (Å²) in [6, 6.07) is 20.1. The van der Waals surface area contributed by atoms with Crippen LogP contribution < -0.4 is 10.6 Å². The van der Waals surface area contributed by atoms with Crippen LogP contribution in [0.2, 0.25) is 5.02 Å². The maximum Gasteiger partial charge on any atom is 0.110 e. The molecule has 0 aliphatic carbocycles. The molecule has 2 atom stereocenters. The zero-order chi connectivity index (χ0) is 27.4. The van der Waals surface area contributed by atoms with Crippen molar-refractivity contribution in [3.8, 4) is 6.07 Å². The zero-order valence-corrected chi connectivity index (χ0v) is 22.8. The van der Waals surface area contributed by atoms with Crippen molar-refractivity contribution in [1.82, 2.24) is 25.0 Å². The van der Waals surface area contributed by atoms with Gasteiger partial charge in [0.25, 0.3) is 0 Å². The van der Waals surface area contributed by atoms with Crippen molar-refractivity contribution < 1.29 is 0 Å². The maximum absolute atomic E-state index is 9.96. The summed E-state index contributed by atoms with van der Waals surface area (Å²) in [6.07, 6.45) is 7.89. The second-order valence-corrected chi connectivity index (χ2v) is 10.0. The van der Waals surface area contributed by atoms with Gasteiger partial charge in [-0.25, -0.2) is 4.68 Å². The topological polar surface area (TPSA) is 104 Å². The van der Waals surface area contributed by atoms with Gasteiger partial charge in [-0.2, -0.15) is 5.26 Å². The predicted molar refractivity (Wildman–Crippen MR) is 155 cm³/mol. The maximum atomic E-state index is 9.96. The molecule has 5 rings (SSSR count). The van der Waals surface area contributed by atoms with Crippen LogP contribution in [0.3, 0.4) is 0 Å². The van der Waals surface area contributed by atoms with Gasteiger partial charge >= 0.3 is 0 Å². The Bertz CT molecular complexity index is 1610. The molecule has 196 valence electrons. The van der Waals surface area contributed by atoms with Crippen molar-refractivity contribution >= 4 is 33.9 Å². The lowest BCUT2D eigenvalue weighted by Crippen LogP contribution is -2.14. The normalized spacial score (nSPS) is 12.7. The van der Waals surface area contributed by atoms with Crippen molar-refractivity contribution in [2.75, 3.05) is 10.6 Å². The molecule has 0 bridgehead atoms. The van der Waals surface area contributed by atoms with E-state index in [0.29, 0.717) is 21.8 Å².